The highest BCUT2D eigenvalue weighted by atomic mass is 19.1. The molecule has 8 heteroatoms. The zero-order valence-electron chi connectivity index (χ0n) is 10.6. The smallest absolute Gasteiger partial charge is 0.270 e. The molecule has 1 aliphatic rings. The second kappa shape index (κ2) is 4.87. The number of amides is 1. The van der Waals surface area contributed by atoms with Crippen LogP contribution in [0.3, 0.4) is 0 Å². The number of carbonyl (C=O) groups excluding carboxylic acids is 1. The minimum Gasteiger partial charge on any atom is -0.364 e. The first-order valence-electron chi connectivity index (χ1n) is 6.22. The number of hydrogen-bond acceptors (Lipinski definition) is 5. The summed E-state index contributed by atoms with van der Waals surface area (Å²) in [6.45, 7) is 1.24. The van der Waals surface area contributed by atoms with Crippen molar-refractivity contribution < 1.29 is 9.18 Å². The lowest BCUT2D eigenvalue weighted by Crippen LogP contribution is -2.23. The van der Waals surface area contributed by atoms with E-state index < -0.39 is 5.91 Å². The van der Waals surface area contributed by atoms with Crippen molar-refractivity contribution in [3.8, 4) is 0 Å². The maximum atomic E-state index is 13.7. The molecule has 3 heterocycles. The van der Waals surface area contributed by atoms with E-state index in [0.717, 1.165) is 6.42 Å². The average Bonchev–Trinajstić information content (AvgIpc) is 3.08. The van der Waals surface area contributed by atoms with Crippen LogP contribution in [0.4, 0.5) is 10.2 Å². The zero-order valence-corrected chi connectivity index (χ0v) is 10.6. The lowest BCUT2D eigenvalue weighted by molar-refractivity contribution is 0.0995. The molecule has 2 aromatic rings. The van der Waals surface area contributed by atoms with E-state index in [-0.39, 0.29) is 17.6 Å². The van der Waals surface area contributed by atoms with Gasteiger partial charge in [0, 0.05) is 19.3 Å². The second-order valence-corrected chi connectivity index (χ2v) is 4.65. The van der Waals surface area contributed by atoms with Crippen LogP contribution in [0.25, 0.3) is 0 Å². The molecular weight excluding hydrogens is 263 g/mol. The molecule has 1 unspecified atom stereocenters. The molecule has 3 rings (SSSR count). The van der Waals surface area contributed by atoms with Crippen molar-refractivity contribution in [2.45, 2.75) is 12.5 Å². The van der Waals surface area contributed by atoms with Crippen LogP contribution in [0.15, 0.2) is 24.5 Å². The molecule has 104 valence electrons. The molecule has 2 N–H and O–H groups in total. The number of halogens is 1. The van der Waals surface area contributed by atoms with Gasteiger partial charge in [-0.05, 0) is 18.6 Å². The number of pyridine rings is 1. The number of anilines is 1. The normalized spacial score (nSPS) is 18.4. The van der Waals surface area contributed by atoms with E-state index in [2.05, 4.69) is 15.3 Å². The predicted molar refractivity (Wildman–Crippen MR) is 68.6 cm³/mol. The van der Waals surface area contributed by atoms with Crippen molar-refractivity contribution in [1.29, 1.82) is 0 Å². The third-order valence-corrected chi connectivity index (χ3v) is 3.34. The zero-order chi connectivity index (χ0) is 14.1. The van der Waals surface area contributed by atoms with E-state index in [9.17, 15) is 9.18 Å². The third-order valence-electron chi connectivity index (χ3n) is 3.34. The molecular formula is C12H13FN6O. The van der Waals surface area contributed by atoms with Crippen LogP contribution >= 0.6 is 0 Å². The Morgan fingerprint density at radius 1 is 1.50 bits per heavy atom. The van der Waals surface area contributed by atoms with Crippen molar-refractivity contribution in [1.82, 2.24) is 20.0 Å². The van der Waals surface area contributed by atoms with Crippen molar-refractivity contribution in [3.05, 3.63) is 36.0 Å². The van der Waals surface area contributed by atoms with Crippen molar-refractivity contribution in [2.24, 2.45) is 5.73 Å². The highest BCUT2D eigenvalue weighted by Crippen LogP contribution is 2.26. The van der Waals surface area contributed by atoms with Crippen LogP contribution in [0.5, 0.6) is 0 Å². The van der Waals surface area contributed by atoms with Crippen LogP contribution in [0, 0.1) is 5.82 Å². The first-order chi connectivity index (χ1) is 9.65. The van der Waals surface area contributed by atoms with Gasteiger partial charge in [-0.1, -0.05) is 5.21 Å². The summed E-state index contributed by atoms with van der Waals surface area (Å²) in [4.78, 5) is 16.9. The van der Waals surface area contributed by atoms with Crippen LogP contribution < -0.4 is 10.6 Å². The number of primary amides is 1. The van der Waals surface area contributed by atoms with Gasteiger partial charge in [-0.15, -0.1) is 5.10 Å². The second-order valence-electron chi connectivity index (χ2n) is 4.65. The SMILES string of the molecule is NC(=O)c1cn(C2CCN(c3ncccc3F)C2)nn1. The Balaban J connectivity index is 1.76. The van der Waals surface area contributed by atoms with Crippen molar-refractivity contribution in [3.63, 3.8) is 0 Å². The molecule has 0 saturated carbocycles. The van der Waals surface area contributed by atoms with E-state index in [1.165, 1.54) is 12.3 Å². The van der Waals surface area contributed by atoms with Gasteiger partial charge in [0.2, 0.25) is 0 Å². The number of nitrogens with zero attached hydrogens (tertiary/aromatic N) is 5. The Bertz CT molecular complexity index is 642. The molecule has 1 aliphatic heterocycles. The summed E-state index contributed by atoms with van der Waals surface area (Å²) in [6.07, 6.45) is 3.86. The summed E-state index contributed by atoms with van der Waals surface area (Å²) in [6, 6.07) is 2.97. The van der Waals surface area contributed by atoms with Gasteiger partial charge in [-0.25, -0.2) is 14.1 Å². The lowest BCUT2D eigenvalue weighted by atomic mass is 10.3. The van der Waals surface area contributed by atoms with Crippen LogP contribution in [0.2, 0.25) is 0 Å². The summed E-state index contributed by atoms with van der Waals surface area (Å²) in [5, 5.41) is 7.60. The molecule has 1 fully saturated rings. The lowest BCUT2D eigenvalue weighted by Gasteiger charge is -2.17. The van der Waals surface area contributed by atoms with Gasteiger partial charge in [0.1, 0.15) is 0 Å². The number of rotatable bonds is 3. The Morgan fingerprint density at radius 2 is 2.35 bits per heavy atom. The Morgan fingerprint density at radius 3 is 3.05 bits per heavy atom. The molecule has 1 atom stereocenters. The van der Waals surface area contributed by atoms with Gasteiger partial charge in [0.15, 0.2) is 17.3 Å². The number of hydrogen-bond donors (Lipinski definition) is 1. The Kier molecular flexibility index (Phi) is 3.05. The van der Waals surface area contributed by atoms with Gasteiger partial charge < -0.3 is 10.6 Å². The summed E-state index contributed by atoms with van der Waals surface area (Å²) >= 11 is 0. The molecule has 20 heavy (non-hydrogen) atoms. The highest BCUT2D eigenvalue weighted by molar-refractivity contribution is 5.90. The average molecular weight is 276 g/mol. The Hall–Kier alpha value is -2.51. The first-order valence-corrected chi connectivity index (χ1v) is 6.22. The van der Waals surface area contributed by atoms with Crippen molar-refractivity contribution in [2.75, 3.05) is 18.0 Å². The monoisotopic (exact) mass is 276 g/mol. The van der Waals surface area contributed by atoms with E-state index in [1.54, 1.807) is 16.9 Å². The minimum absolute atomic E-state index is 0.0250. The van der Waals surface area contributed by atoms with Gasteiger partial charge in [0.25, 0.3) is 5.91 Å². The molecule has 0 radical (unpaired) electrons. The van der Waals surface area contributed by atoms with Crippen LogP contribution in [-0.4, -0.2) is 39.0 Å². The predicted octanol–water partition coefficient (Wildman–Crippen LogP) is 0.362. The maximum Gasteiger partial charge on any atom is 0.270 e. The van der Waals surface area contributed by atoms with E-state index >= 15 is 0 Å². The molecule has 1 amide bonds. The molecule has 0 aromatic carbocycles. The fraction of sp³-hybridized carbons (Fsp3) is 0.333. The fourth-order valence-electron chi connectivity index (χ4n) is 2.33. The number of aromatic nitrogens is 4. The van der Waals surface area contributed by atoms with E-state index in [0.29, 0.717) is 18.9 Å². The maximum absolute atomic E-state index is 13.7. The summed E-state index contributed by atoms with van der Waals surface area (Å²) < 4.78 is 15.3. The molecule has 7 nitrogen and oxygen atoms in total. The number of nitrogens with two attached hydrogens (primary N) is 1. The molecule has 0 spiro atoms. The van der Waals surface area contributed by atoms with E-state index in [1.807, 2.05) is 4.90 Å². The quantitative estimate of drug-likeness (QED) is 0.874. The Labute approximate surface area is 114 Å². The first kappa shape index (κ1) is 12.5. The largest absolute Gasteiger partial charge is 0.364 e. The fourth-order valence-corrected chi connectivity index (χ4v) is 2.33. The van der Waals surface area contributed by atoms with Gasteiger partial charge in [-0.3, -0.25) is 4.79 Å². The van der Waals surface area contributed by atoms with Gasteiger partial charge >= 0.3 is 0 Å². The summed E-state index contributed by atoms with van der Waals surface area (Å²) in [5.41, 5.74) is 5.27. The highest BCUT2D eigenvalue weighted by Gasteiger charge is 2.27. The van der Waals surface area contributed by atoms with Crippen LogP contribution in [0.1, 0.15) is 23.0 Å². The third kappa shape index (κ3) is 2.20. The molecule has 0 bridgehead atoms. The van der Waals surface area contributed by atoms with Gasteiger partial charge in [0.05, 0.1) is 12.2 Å². The summed E-state index contributed by atoms with van der Waals surface area (Å²) in [7, 11) is 0. The van der Waals surface area contributed by atoms with Gasteiger partial charge in [-0.2, -0.15) is 0 Å². The minimum atomic E-state index is -0.609. The van der Waals surface area contributed by atoms with Crippen LogP contribution in [-0.2, 0) is 0 Å². The number of carbonyl (C=O) groups is 1. The van der Waals surface area contributed by atoms with Crippen molar-refractivity contribution >= 4 is 11.7 Å². The topological polar surface area (TPSA) is 89.9 Å². The van der Waals surface area contributed by atoms with E-state index in [4.69, 9.17) is 5.73 Å². The molecule has 0 aliphatic carbocycles. The standard InChI is InChI=1S/C12H13FN6O/c13-9-2-1-4-15-12(9)18-5-3-8(6-18)19-7-10(11(14)20)16-17-19/h1-2,4,7-8H,3,5-6H2,(H2,14,20). The molecule has 2 aromatic heterocycles. The summed E-state index contributed by atoms with van der Waals surface area (Å²) in [5.74, 6) is -0.614. The molecule has 1 saturated heterocycles.